The summed E-state index contributed by atoms with van der Waals surface area (Å²) in [5, 5.41) is 30.0. The van der Waals surface area contributed by atoms with Crippen LogP contribution in [0.5, 0.6) is 0 Å². The van der Waals surface area contributed by atoms with Gasteiger partial charge in [-0.25, -0.2) is 0 Å². The van der Waals surface area contributed by atoms with Crippen molar-refractivity contribution in [2.75, 3.05) is 13.2 Å². The molecule has 0 saturated carbocycles. The number of hydrogen-bond donors (Lipinski definition) is 4. The van der Waals surface area contributed by atoms with Gasteiger partial charge in [0.15, 0.2) is 0 Å². The molecule has 0 bridgehead atoms. The summed E-state index contributed by atoms with van der Waals surface area (Å²) in [5.41, 5.74) is 0. The largest absolute Gasteiger partial charge is 0.394 e. The highest BCUT2D eigenvalue weighted by molar-refractivity contribution is 4.85. The molecule has 0 spiro atoms. The summed E-state index contributed by atoms with van der Waals surface area (Å²) >= 11 is 0. The second-order valence-corrected chi connectivity index (χ2v) is 2.94. The molecule has 1 heterocycles. The van der Waals surface area contributed by atoms with Crippen LogP contribution in [-0.2, 0) is 0 Å². The van der Waals surface area contributed by atoms with E-state index in [2.05, 4.69) is 5.32 Å². The minimum Gasteiger partial charge on any atom is -0.394 e. The number of nitrogens with one attached hydrogen (secondary N) is 1. The smallest absolute Gasteiger partial charge is 0.104 e. The molecule has 0 aromatic carbocycles. The summed E-state index contributed by atoms with van der Waals surface area (Å²) in [5.74, 6) is 0. The van der Waals surface area contributed by atoms with Gasteiger partial charge in [0, 0.05) is 6.04 Å². The molecule has 0 unspecified atom stereocenters. The van der Waals surface area contributed by atoms with E-state index in [1.165, 1.54) is 0 Å². The van der Waals surface area contributed by atoms with Gasteiger partial charge in [-0.15, -0.1) is 0 Å². The molecule has 0 aromatic rings. The first kappa shape index (κ1) is 8.93. The van der Waals surface area contributed by atoms with Crippen LogP contribution in [0.1, 0.15) is 12.8 Å². The molecular weight excluding hydrogens is 146 g/mol. The lowest BCUT2D eigenvalue weighted by molar-refractivity contribution is -0.0288. The molecule has 4 nitrogen and oxygen atoms in total. The summed E-state index contributed by atoms with van der Waals surface area (Å²) in [6.45, 7) is 0.513. The number of hydrogen-bond acceptors (Lipinski definition) is 4. The third kappa shape index (κ3) is 2.13. The molecule has 1 aliphatic rings. The van der Waals surface area contributed by atoms with E-state index in [-0.39, 0.29) is 12.6 Å². The predicted octanol–water partition coefficient (Wildman–Crippen LogP) is -1.55. The van der Waals surface area contributed by atoms with Crippen molar-refractivity contribution in [3.8, 4) is 0 Å². The van der Waals surface area contributed by atoms with Crippen LogP contribution < -0.4 is 5.32 Å². The molecule has 66 valence electrons. The van der Waals surface area contributed by atoms with Gasteiger partial charge >= 0.3 is 0 Å². The third-order valence-electron chi connectivity index (χ3n) is 2.09. The van der Waals surface area contributed by atoms with Crippen LogP contribution in [0.2, 0.25) is 0 Å². The van der Waals surface area contributed by atoms with Crippen LogP contribution in [0.15, 0.2) is 0 Å². The van der Waals surface area contributed by atoms with Gasteiger partial charge in [0.2, 0.25) is 0 Å². The molecule has 4 N–H and O–H groups in total. The van der Waals surface area contributed by atoms with E-state index in [1.54, 1.807) is 0 Å². The zero-order chi connectivity index (χ0) is 8.27. The van der Waals surface area contributed by atoms with Gasteiger partial charge in [-0.2, -0.15) is 0 Å². The normalized spacial score (nSPS) is 30.3. The van der Waals surface area contributed by atoms with Crippen molar-refractivity contribution >= 4 is 0 Å². The Bertz CT molecular complexity index is 114. The Hall–Kier alpha value is -0.160. The molecule has 0 amide bonds. The van der Waals surface area contributed by atoms with Crippen molar-refractivity contribution in [2.24, 2.45) is 0 Å². The first-order valence-electron chi connectivity index (χ1n) is 3.96. The maximum atomic E-state index is 9.34. The van der Waals surface area contributed by atoms with E-state index < -0.39 is 12.2 Å². The average Bonchev–Trinajstić information content (AvgIpc) is 2.53. The Kier molecular flexibility index (Phi) is 3.26. The maximum Gasteiger partial charge on any atom is 0.104 e. The first-order valence-corrected chi connectivity index (χ1v) is 3.96. The topological polar surface area (TPSA) is 72.7 Å². The van der Waals surface area contributed by atoms with Gasteiger partial charge in [-0.1, -0.05) is 0 Å². The lowest BCUT2D eigenvalue weighted by Crippen LogP contribution is -2.44. The van der Waals surface area contributed by atoms with E-state index in [0.717, 1.165) is 19.4 Å². The minimum absolute atomic E-state index is 0.0443. The molecule has 0 aromatic heterocycles. The SMILES string of the molecule is OC[C@@H](O)[C@H](O)[C@H]1CCCN1. The fourth-order valence-electron chi connectivity index (χ4n) is 1.38. The van der Waals surface area contributed by atoms with Gasteiger partial charge in [0.1, 0.15) is 6.10 Å². The fraction of sp³-hybridized carbons (Fsp3) is 1.00. The highest BCUT2D eigenvalue weighted by atomic mass is 16.4. The minimum atomic E-state index is -1.01. The molecule has 0 radical (unpaired) electrons. The molecule has 11 heavy (non-hydrogen) atoms. The second kappa shape index (κ2) is 4.01. The summed E-state index contributed by atoms with van der Waals surface area (Å²) in [7, 11) is 0. The van der Waals surface area contributed by atoms with Crippen molar-refractivity contribution in [3.05, 3.63) is 0 Å². The molecule has 1 rings (SSSR count). The molecular formula is C7H15NO3. The van der Waals surface area contributed by atoms with Gasteiger partial charge in [-0.3, -0.25) is 0 Å². The highest BCUT2D eigenvalue weighted by Crippen LogP contribution is 2.11. The van der Waals surface area contributed by atoms with Crippen LogP contribution in [0.4, 0.5) is 0 Å². The van der Waals surface area contributed by atoms with Crippen LogP contribution in [-0.4, -0.2) is 46.7 Å². The van der Waals surface area contributed by atoms with E-state index >= 15 is 0 Å². The Balaban J connectivity index is 2.32. The molecule has 4 heteroatoms. The Labute approximate surface area is 65.9 Å². The highest BCUT2D eigenvalue weighted by Gasteiger charge is 2.27. The van der Waals surface area contributed by atoms with Crippen LogP contribution >= 0.6 is 0 Å². The van der Waals surface area contributed by atoms with Gasteiger partial charge in [-0.05, 0) is 19.4 Å². The molecule has 1 saturated heterocycles. The standard InChI is InChI=1S/C7H15NO3/c9-4-6(10)7(11)5-2-1-3-8-5/h5-11H,1-4H2/t5-,6-,7-/m1/s1. The molecule has 1 fully saturated rings. The van der Waals surface area contributed by atoms with Crippen LogP contribution in [0.3, 0.4) is 0 Å². The summed E-state index contributed by atoms with van der Waals surface area (Å²) < 4.78 is 0. The molecule has 0 aliphatic carbocycles. The van der Waals surface area contributed by atoms with Crippen LogP contribution in [0, 0.1) is 0 Å². The Morgan fingerprint density at radius 2 is 2.18 bits per heavy atom. The Morgan fingerprint density at radius 3 is 2.64 bits per heavy atom. The quantitative estimate of drug-likeness (QED) is 0.404. The monoisotopic (exact) mass is 161 g/mol. The van der Waals surface area contributed by atoms with Gasteiger partial charge < -0.3 is 20.6 Å². The third-order valence-corrected chi connectivity index (χ3v) is 2.09. The average molecular weight is 161 g/mol. The van der Waals surface area contributed by atoms with Crippen molar-refractivity contribution < 1.29 is 15.3 Å². The van der Waals surface area contributed by atoms with Crippen molar-refractivity contribution in [2.45, 2.75) is 31.1 Å². The lowest BCUT2D eigenvalue weighted by Gasteiger charge is -2.21. The van der Waals surface area contributed by atoms with Crippen molar-refractivity contribution in [3.63, 3.8) is 0 Å². The predicted molar refractivity (Wildman–Crippen MR) is 40.1 cm³/mol. The number of rotatable bonds is 3. The van der Waals surface area contributed by atoms with E-state index in [1.807, 2.05) is 0 Å². The maximum absolute atomic E-state index is 9.34. The summed E-state index contributed by atoms with van der Waals surface area (Å²) in [6, 6.07) is -0.0443. The Morgan fingerprint density at radius 1 is 1.45 bits per heavy atom. The zero-order valence-electron chi connectivity index (χ0n) is 6.40. The van der Waals surface area contributed by atoms with E-state index in [4.69, 9.17) is 10.2 Å². The number of aliphatic hydroxyl groups is 3. The summed E-state index contributed by atoms with van der Waals surface area (Å²) in [4.78, 5) is 0. The lowest BCUT2D eigenvalue weighted by atomic mass is 10.0. The van der Waals surface area contributed by atoms with E-state index in [0.29, 0.717) is 0 Å². The first-order chi connectivity index (χ1) is 5.25. The fourth-order valence-corrected chi connectivity index (χ4v) is 1.38. The number of aliphatic hydroxyl groups excluding tert-OH is 3. The van der Waals surface area contributed by atoms with Gasteiger partial charge in [0.05, 0.1) is 12.7 Å². The van der Waals surface area contributed by atoms with Crippen molar-refractivity contribution in [1.82, 2.24) is 5.32 Å². The second-order valence-electron chi connectivity index (χ2n) is 2.94. The van der Waals surface area contributed by atoms with Crippen molar-refractivity contribution in [1.29, 1.82) is 0 Å². The zero-order valence-corrected chi connectivity index (χ0v) is 6.40. The van der Waals surface area contributed by atoms with Gasteiger partial charge in [0.25, 0.3) is 0 Å². The molecule has 1 aliphatic heterocycles. The van der Waals surface area contributed by atoms with E-state index in [9.17, 15) is 5.11 Å². The molecule has 3 atom stereocenters. The summed E-state index contributed by atoms with van der Waals surface area (Å²) in [6.07, 6.45) is 0.0612. The van der Waals surface area contributed by atoms with Crippen LogP contribution in [0.25, 0.3) is 0 Å².